The van der Waals surface area contributed by atoms with Crippen LogP contribution in [0.15, 0.2) is 24.5 Å². The summed E-state index contributed by atoms with van der Waals surface area (Å²) in [5, 5.41) is 3.15. The highest BCUT2D eigenvalue weighted by Gasteiger charge is 2.25. The van der Waals surface area contributed by atoms with Gasteiger partial charge in [-0.3, -0.25) is 9.78 Å². The fraction of sp³-hybridized carbons (Fsp3) is 0.591. The molecular formula is C22H30N4O3. The number of anilines is 1. The summed E-state index contributed by atoms with van der Waals surface area (Å²) in [5.41, 5.74) is 2.77. The summed E-state index contributed by atoms with van der Waals surface area (Å²) in [4.78, 5) is 23.2. The number of morpholine rings is 1. The van der Waals surface area contributed by atoms with Crippen LogP contribution < -0.4 is 15.0 Å². The molecule has 29 heavy (non-hydrogen) atoms. The molecule has 2 aliphatic rings. The summed E-state index contributed by atoms with van der Waals surface area (Å²) in [5.74, 6) is 0.965. The Hall–Kier alpha value is -2.41. The average molecular weight is 399 g/mol. The Morgan fingerprint density at radius 1 is 1.17 bits per heavy atom. The molecule has 1 aliphatic heterocycles. The third kappa shape index (κ3) is 4.96. The van der Waals surface area contributed by atoms with Gasteiger partial charge in [0.05, 0.1) is 24.8 Å². The van der Waals surface area contributed by atoms with E-state index in [2.05, 4.69) is 32.3 Å². The minimum absolute atomic E-state index is 0.138. The number of rotatable bonds is 6. The molecule has 1 saturated carbocycles. The van der Waals surface area contributed by atoms with E-state index in [9.17, 15) is 4.79 Å². The molecule has 7 nitrogen and oxygen atoms in total. The van der Waals surface area contributed by atoms with E-state index in [4.69, 9.17) is 9.47 Å². The van der Waals surface area contributed by atoms with E-state index < -0.39 is 0 Å². The van der Waals surface area contributed by atoms with Gasteiger partial charge in [0.1, 0.15) is 11.3 Å². The van der Waals surface area contributed by atoms with Crippen molar-refractivity contribution in [1.29, 1.82) is 0 Å². The molecule has 2 fully saturated rings. The summed E-state index contributed by atoms with van der Waals surface area (Å²) < 4.78 is 11.9. The minimum Gasteiger partial charge on any atom is -0.488 e. The summed E-state index contributed by atoms with van der Waals surface area (Å²) in [6.45, 7) is 5.25. The first kappa shape index (κ1) is 19.9. The lowest BCUT2D eigenvalue weighted by Gasteiger charge is -2.31. The normalized spacial score (nSPS) is 22.4. The predicted octanol–water partition coefficient (Wildman–Crippen LogP) is 3.07. The molecule has 0 unspecified atom stereocenters. The number of aromatic nitrogens is 2. The van der Waals surface area contributed by atoms with Crippen molar-refractivity contribution < 1.29 is 14.3 Å². The Labute approximate surface area is 171 Å². The topological polar surface area (TPSA) is 76.6 Å². The highest BCUT2D eigenvalue weighted by atomic mass is 16.5. The number of benzene rings is 1. The van der Waals surface area contributed by atoms with Crippen LogP contribution in [0.1, 0.15) is 45.4 Å². The van der Waals surface area contributed by atoms with Crippen molar-refractivity contribution in [2.75, 3.05) is 31.2 Å². The zero-order valence-electron chi connectivity index (χ0n) is 17.1. The van der Waals surface area contributed by atoms with E-state index >= 15 is 0 Å². The Morgan fingerprint density at radius 3 is 2.69 bits per heavy atom. The molecule has 0 spiro atoms. The minimum atomic E-state index is 0.138. The maximum absolute atomic E-state index is 11.8. The van der Waals surface area contributed by atoms with Crippen molar-refractivity contribution in [2.24, 2.45) is 0 Å². The Kier molecular flexibility index (Phi) is 6.44. The van der Waals surface area contributed by atoms with Gasteiger partial charge in [0, 0.05) is 49.7 Å². The molecule has 7 heteroatoms. The number of carbonyl (C=O) groups excluding carboxylic acids is 1. The summed E-state index contributed by atoms with van der Waals surface area (Å²) in [6, 6.07) is 4.45. The Morgan fingerprint density at radius 2 is 1.93 bits per heavy atom. The van der Waals surface area contributed by atoms with E-state index in [0.29, 0.717) is 6.42 Å². The Balaban J connectivity index is 1.45. The van der Waals surface area contributed by atoms with E-state index in [0.717, 1.165) is 80.9 Å². The summed E-state index contributed by atoms with van der Waals surface area (Å²) in [7, 11) is 0. The third-order valence-electron chi connectivity index (χ3n) is 5.71. The summed E-state index contributed by atoms with van der Waals surface area (Å²) >= 11 is 0. The second-order valence-electron chi connectivity index (χ2n) is 7.88. The van der Waals surface area contributed by atoms with Crippen LogP contribution in [-0.2, 0) is 9.53 Å². The molecule has 1 aromatic carbocycles. The van der Waals surface area contributed by atoms with Gasteiger partial charge < -0.3 is 19.7 Å². The van der Waals surface area contributed by atoms with Crippen LogP contribution in [0.25, 0.3) is 11.0 Å². The molecule has 2 aromatic rings. The third-order valence-corrected chi connectivity index (χ3v) is 5.71. The molecule has 4 rings (SSSR count). The predicted molar refractivity (Wildman–Crippen MR) is 112 cm³/mol. The Bertz CT molecular complexity index is 830. The maximum atomic E-state index is 11.8. The van der Waals surface area contributed by atoms with Gasteiger partial charge in [-0.15, -0.1) is 0 Å². The molecule has 0 radical (unpaired) electrons. The van der Waals surface area contributed by atoms with Crippen molar-refractivity contribution in [2.45, 2.75) is 57.6 Å². The number of hydrogen-bond donors (Lipinski definition) is 1. The number of amides is 1. The van der Waals surface area contributed by atoms with E-state index in [-0.39, 0.29) is 18.1 Å². The number of ether oxygens (including phenoxy) is 2. The standard InChI is InChI=1S/C22H30N4O3/c1-2-3-21(27)25-16-4-6-18(7-5-16)29-20-15-17(26-10-12-28-13-11-26)14-19-22(20)24-9-8-23-19/h8-9,14-16,18H,2-7,10-13H2,1H3,(H,25,27)/t16-,18+. The molecule has 1 aliphatic carbocycles. The maximum Gasteiger partial charge on any atom is 0.220 e. The van der Waals surface area contributed by atoms with Gasteiger partial charge in [0.15, 0.2) is 0 Å². The SMILES string of the molecule is CCCC(=O)N[C@H]1CC[C@@H](Oc2cc(N3CCOCC3)cc3nccnc23)CC1. The van der Waals surface area contributed by atoms with Crippen LogP contribution in [0.5, 0.6) is 5.75 Å². The van der Waals surface area contributed by atoms with Gasteiger partial charge >= 0.3 is 0 Å². The molecule has 0 bridgehead atoms. The highest BCUT2D eigenvalue weighted by Crippen LogP contribution is 2.32. The molecular weight excluding hydrogens is 368 g/mol. The molecule has 0 atom stereocenters. The van der Waals surface area contributed by atoms with Crippen LogP contribution in [0.4, 0.5) is 5.69 Å². The van der Waals surface area contributed by atoms with Crippen molar-refractivity contribution in [1.82, 2.24) is 15.3 Å². The zero-order chi connectivity index (χ0) is 20.1. The lowest BCUT2D eigenvalue weighted by Crippen LogP contribution is -2.39. The molecule has 1 aromatic heterocycles. The average Bonchev–Trinajstić information content (AvgIpc) is 2.76. The number of hydrogen-bond acceptors (Lipinski definition) is 6. The smallest absolute Gasteiger partial charge is 0.220 e. The van der Waals surface area contributed by atoms with E-state index in [1.165, 1.54) is 0 Å². The zero-order valence-corrected chi connectivity index (χ0v) is 17.1. The van der Waals surface area contributed by atoms with Crippen molar-refractivity contribution in [3.05, 3.63) is 24.5 Å². The van der Waals surface area contributed by atoms with E-state index in [1.54, 1.807) is 12.4 Å². The molecule has 1 amide bonds. The van der Waals surface area contributed by atoms with Crippen LogP contribution in [0.2, 0.25) is 0 Å². The van der Waals surface area contributed by atoms with Gasteiger partial charge in [-0.1, -0.05) is 6.92 Å². The number of fused-ring (bicyclic) bond motifs is 1. The van der Waals surface area contributed by atoms with Crippen LogP contribution in [0.3, 0.4) is 0 Å². The van der Waals surface area contributed by atoms with Gasteiger partial charge in [-0.05, 0) is 38.2 Å². The first-order valence-corrected chi connectivity index (χ1v) is 10.8. The van der Waals surface area contributed by atoms with Gasteiger partial charge in [0.2, 0.25) is 5.91 Å². The fourth-order valence-electron chi connectivity index (χ4n) is 4.15. The van der Waals surface area contributed by atoms with Crippen molar-refractivity contribution in [3.63, 3.8) is 0 Å². The highest BCUT2D eigenvalue weighted by molar-refractivity contribution is 5.85. The van der Waals surface area contributed by atoms with Crippen LogP contribution >= 0.6 is 0 Å². The number of nitrogens with zero attached hydrogens (tertiary/aromatic N) is 3. The second kappa shape index (κ2) is 9.39. The van der Waals surface area contributed by atoms with Crippen LogP contribution in [-0.4, -0.2) is 54.3 Å². The first-order valence-electron chi connectivity index (χ1n) is 10.8. The first-order chi connectivity index (χ1) is 14.2. The lowest BCUT2D eigenvalue weighted by atomic mass is 9.92. The molecule has 156 valence electrons. The number of carbonyl (C=O) groups is 1. The van der Waals surface area contributed by atoms with Crippen molar-refractivity contribution in [3.8, 4) is 5.75 Å². The van der Waals surface area contributed by atoms with Crippen molar-refractivity contribution >= 4 is 22.6 Å². The monoisotopic (exact) mass is 398 g/mol. The van der Waals surface area contributed by atoms with Gasteiger partial charge in [-0.25, -0.2) is 4.98 Å². The fourth-order valence-corrected chi connectivity index (χ4v) is 4.15. The second-order valence-corrected chi connectivity index (χ2v) is 7.88. The van der Waals surface area contributed by atoms with Crippen LogP contribution in [0, 0.1) is 0 Å². The van der Waals surface area contributed by atoms with Gasteiger partial charge in [0.25, 0.3) is 0 Å². The van der Waals surface area contributed by atoms with Gasteiger partial charge in [-0.2, -0.15) is 0 Å². The number of nitrogens with one attached hydrogen (secondary N) is 1. The van der Waals surface area contributed by atoms with E-state index in [1.807, 2.05) is 6.92 Å². The molecule has 1 saturated heterocycles. The summed E-state index contributed by atoms with van der Waals surface area (Å²) in [6.07, 6.45) is 8.83. The largest absolute Gasteiger partial charge is 0.488 e. The lowest BCUT2D eigenvalue weighted by molar-refractivity contribution is -0.122. The molecule has 2 heterocycles. The molecule has 1 N–H and O–H groups in total. The quantitative estimate of drug-likeness (QED) is 0.806.